The summed E-state index contributed by atoms with van der Waals surface area (Å²) >= 11 is 0. The quantitative estimate of drug-likeness (QED) is 0.757. The van der Waals surface area contributed by atoms with Gasteiger partial charge in [0.2, 0.25) is 0 Å². The molecule has 5 heteroatoms. The molecule has 0 radical (unpaired) electrons. The highest BCUT2D eigenvalue weighted by Crippen LogP contribution is 2.17. The van der Waals surface area contributed by atoms with Crippen molar-refractivity contribution in [3.63, 3.8) is 0 Å². The fourth-order valence-corrected chi connectivity index (χ4v) is 2.28. The minimum Gasteiger partial charge on any atom is -0.482 e. The average Bonchev–Trinajstić information content (AvgIpc) is 2.62. The number of hydrogen-bond donors (Lipinski definition) is 0. The van der Waals surface area contributed by atoms with Gasteiger partial charge in [0.1, 0.15) is 5.75 Å². The van der Waals surface area contributed by atoms with Gasteiger partial charge in [-0.05, 0) is 56.2 Å². The van der Waals surface area contributed by atoms with E-state index >= 15 is 0 Å². The van der Waals surface area contributed by atoms with E-state index in [1.165, 1.54) is 4.90 Å². The number of para-hydroxylation sites is 1. The molecule has 2 rings (SSSR count). The van der Waals surface area contributed by atoms with Gasteiger partial charge < -0.3 is 14.4 Å². The Morgan fingerprint density at radius 3 is 2.36 bits per heavy atom. The van der Waals surface area contributed by atoms with Gasteiger partial charge in [0, 0.05) is 12.7 Å². The zero-order valence-electron chi connectivity index (χ0n) is 15.0. The number of anilines is 1. The van der Waals surface area contributed by atoms with Crippen LogP contribution >= 0.6 is 0 Å². The first-order chi connectivity index (χ1) is 11.9. The molecule has 2 aromatic rings. The number of carbonyl (C=O) groups is 2. The first-order valence-corrected chi connectivity index (χ1v) is 8.10. The summed E-state index contributed by atoms with van der Waals surface area (Å²) in [6, 6.07) is 14.8. The van der Waals surface area contributed by atoms with Gasteiger partial charge in [-0.25, -0.2) is 4.79 Å². The predicted octanol–water partition coefficient (Wildman–Crippen LogP) is 3.28. The number of ether oxygens (including phenoxy) is 2. The third-order valence-electron chi connectivity index (χ3n) is 3.97. The van der Waals surface area contributed by atoms with Gasteiger partial charge in [-0.15, -0.1) is 0 Å². The summed E-state index contributed by atoms with van der Waals surface area (Å²) in [5, 5.41) is 0. The van der Waals surface area contributed by atoms with Crippen LogP contribution in [0, 0.1) is 13.8 Å². The third-order valence-corrected chi connectivity index (χ3v) is 3.97. The second kappa shape index (κ2) is 8.33. The van der Waals surface area contributed by atoms with E-state index in [0.717, 1.165) is 16.8 Å². The maximum atomic E-state index is 12.3. The molecular formula is C20H23NO4. The maximum Gasteiger partial charge on any atom is 0.344 e. The molecule has 0 aliphatic rings. The van der Waals surface area contributed by atoms with E-state index in [-0.39, 0.29) is 12.5 Å². The van der Waals surface area contributed by atoms with Gasteiger partial charge in [0.15, 0.2) is 12.7 Å². The Balaban J connectivity index is 1.86. The summed E-state index contributed by atoms with van der Waals surface area (Å²) in [5.41, 5.74) is 2.97. The highest BCUT2D eigenvalue weighted by atomic mass is 16.6. The van der Waals surface area contributed by atoms with Crippen molar-refractivity contribution in [2.45, 2.75) is 26.9 Å². The van der Waals surface area contributed by atoms with E-state index in [0.29, 0.717) is 5.75 Å². The molecule has 0 saturated heterocycles. The molecule has 1 amide bonds. The number of benzene rings is 2. The zero-order chi connectivity index (χ0) is 18.4. The normalized spacial score (nSPS) is 11.5. The van der Waals surface area contributed by atoms with Crippen molar-refractivity contribution < 1.29 is 19.1 Å². The van der Waals surface area contributed by atoms with Gasteiger partial charge in [-0.3, -0.25) is 4.79 Å². The molecule has 0 fully saturated rings. The van der Waals surface area contributed by atoms with Crippen molar-refractivity contribution in [3.8, 4) is 5.75 Å². The van der Waals surface area contributed by atoms with Crippen LogP contribution in [0.3, 0.4) is 0 Å². The van der Waals surface area contributed by atoms with Gasteiger partial charge in [0.25, 0.3) is 5.91 Å². The van der Waals surface area contributed by atoms with E-state index in [2.05, 4.69) is 0 Å². The number of rotatable bonds is 6. The summed E-state index contributed by atoms with van der Waals surface area (Å²) in [7, 11) is 1.65. The van der Waals surface area contributed by atoms with Gasteiger partial charge >= 0.3 is 5.97 Å². The number of likely N-dealkylation sites (N-methyl/N-ethyl adjacent to an activating group) is 1. The Labute approximate surface area is 148 Å². The molecule has 0 heterocycles. The van der Waals surface area contributed by atoms with Crippen LogP contribution in [0.5, 0.6) is 5.75 Å². The Hall–Kier alpha value is -2.82. The van der Waals surface area contributed by atoms with Crippen LogP contribution < -0.4 is 9.64 Å². The Kier molecular flexibility index (Phi) is 6.17. The summed E-state index contributed by atoms with van der Waals surface area (Å²) in [4.78, 5) is 25.7. The molecule has 0 saturated carbocycles. The summed E-state index contributed by atoms with van der Waals surface area (Å²) < 4.78 is 10.6. The molecule has 2 aromatic carbocycles. The Morgan fingerprint density at radius 1 is 1.04 bits per heavy atom. The van der Waals surface area contributed by atoms with Crippen LogP contribution in [0.1, 0.15) is 18.1 Å². The summed E-state index contributed by atoms with van der Waals surface area (Å²) in [6.07, 6.45) is -0.888. The standard InChI is InChI=1S/C20H23NO4/c1-14-10-11-18(12-15(14)2)24-13-19(22)25-16(3)20(23)21(4)17-8-6-5-7-9-17/h5-12,16H,13H2,1-4H3/t16-/m0/s1. The lowest BCUT2D eigenvalue weighted by molar-refractivity contribution is -0.155. The fraction of sp³-hybridized carbons (Fsp3) is 0.300. The number of carbonyl (C=O) groups excluding carboxylic acids is 2. The first kappa shape index (κ1) is 18.5. The highest BCUT2D eigenvalue weighted by molar-refractivity contribution is 5.96. The van der Waals surface area contributed by atoms with Crippen LogP contribution in [-0.2, 0) is 14.3 Å². The van der Waals surface area contributed by atoms with E-state index in [9.17, 15) is 9.59 Å². The smallest absolute Gasteiger partial charge is 0.344 e. The largest absolute Gasteiger partial charge is 0.482 e. The number of aryl methyl sites for hydroxylation is 2. The van der Waals surface area contributed by atoms with Gasteiger partial charge in [-0.2, -0.15) is 0 Å². The third kappa shape index (κ3) is 5.08. The SMILES string of the molecule is Cc1ccc(OCC(=O)O[C@@H](C)C(=O)N(C)c2ccccc2)cc1C. The fourth-order valence-electron chi connectivity index (χ4n) is 2.28. The zero-order valence-corrected chi connectivity index (χ0v) is 15.0. The van der Waals surface area contributed by atoms with Crippen LogP contribution in [0.4, 0.5) is 5.69 Å². The van der Waals surface area contributed by atoms with Gasteiger partial charge in [-0.1, -0.05) is 24.3 Å². The van der Waals surface area contributed by atoms with Gasteiger partial charge in [0.05, 0.1) is 0 Å². The molecule has 5 nitrogen and oxygen atoms in total. The van der Waals surface area contributed by atoms with E-state index < -0.39 is 12.1 Å². The van der Waals surface area contributed by atoms with Crippen molar-refractivity contribution in [1.29, 1.82) is 0 Å². The molecule has 25 heavy (non-hydrogen) atoms. The van der Waals surface area contributed by atoms with E-state index in [1.54, 1.807) is 20.0 Å². The molecule has 0 aliphatic heterocycles. The van der Waals surface area contributed by atoms with E-state index in [1.807, 2.05) is 56.3 Å². The minimum absolute atomic E-state index is 0.241. The topological polar surface area (TPSA) is 55.8 Å². The van der Waals surface area contributed by atoms with Crippen molar-refractivity contribution in [2.75, 3.05) is 18.6 Å². The Morgan fingerprint density at radius 2 is 1.72 bits per heavy atom. The molecule has 0 N–H and O–H groups in total. The molecular weight excluding hydrogens is 318 g/mol. The van der Waals surface area contributed by atoms with Crippen molar-refractivity contribution in [2.24, 2.45) is 0 Å². The van der Waals surface area contributed by atoms with Crippen molar-refractivity contribution >= 4 is 17.6 Å². The average molecular weight is 341 g/mol. The minimum atomic E-state index is -0.888. The lowest BCUT2D eigenvalue weighted by Crippen LogP contribution is -2.38. The first-order valence-electron chi connectivity index (χ1n) is 8.10. The van der Waals surface area contributed by atoms with Crippen LogP contribution in [0.15, 0.2) is 48.5 Å². The molecule has 0 spiro atoms. The highest BCUT2D eigenvalue weighted by Gasteiger charge is 2.22. The maximum absolute atomic E-state index is 12.3. The Bertz CT molecular complexity index is 743. The predicted molar refractivity (Wildman–Crippen MR) is 96.8 cm³/mol. The van der Waals surface area contributed by atoms with E-state index in [4.69, 9.17) is 9.47 Å². The van der Waals surface area contributed by atoms with Crippen LogP contribution in [-0.4, -0.2) is 31.6 Å². The van der Waals surface area contributed by atoms with Crippen molar-refractivity contribution in [3.05, 3.63) is 59.7 Å². The van der Waals surface area contributed by atoms with Crippen LogP contribution in [0.25, 0.3) is 0 Å². The molecule has 1 atom stereocenters. The lowest BCUT2D eigenvalue weighted by Gasteiger charge is -2.21. The number of amides is 1. The molecule has 0 unspecified atom stereocenters. The molecule has 0 aliphatic carbocycles. The van der Waals surface area contributed by atoms with Crippen molar-refractivity contribution in [1.82, 2.24) is 0 Å². The van der Waals surface area contributed by atoms with Crippen LogP contribution in [0.2, 0.25) is 0 Å². The monoisotopic (exact) mass is 341 g/mol. The molecule has 132 valence electrons. The molecule has 0 aromatic heterocycles. The number of esters is 1. The number of hydrogen-bond acceptors (Lipinski definition) is 4. The molecule has 0 bridgehead atoms. The summed E-state index contributed by atoms with van der Waals surface area (Å²) in [5.74, 6) is -0.285. The second-order valence-electron chi connectivity index (χ2n) is 5.90. The second-order valence-corrected chi connectivity index (χ2v) is 5.90. The number of nitrogens with zero attached hydrogens (tertiary/aromatic N) is 1. The lowest BCUT2D eigenvalue weighted by atomic mass is 10.1. The summed E-state index contributed by atoms with van der Waals surface area (Å²) in [6.45, 7) is 5.29.